The van der Waals surface area contributed by atoms with Crippen molar-refractivity contribution in [3.63, 3.8) is 0 Å². The molecule has 0 amide bonds. The minimum Gasteiger partial charge on any atom is -0.481 e. The number of aliphatic carboxylic acids is 1. The molecule has 0 aliphatic rings. The van der Waals surface area contributed by atoms with Crippen LogP contribution in [0, 0.1) is 25.2 Å². The summed E-state index contributed by atoms with van der Waals surface area (Å²) in [6.07, 6.45) is 0.0368. The van der Waals surface area contributed by atoms with Gasteiger partial charge in [-0.2, -0.15) is 5.26 Å². The highest BCUT2D eigenvalue weighted by atomic mass is 16.4. The van der Waals surface area contributed by atoms with Crippen LogP contribution in [0.15, 0.2) is 18.2 Å². The molecule has 0 unspecified atom stereocenters. The maximum atomic E-state index is 10.6. The molecule has 1 N–H and O–H groups in total. The number of hydrogen-bond donors (Lipinski definition) is 1. The predicted octanol–water partition coefficient (Wildman–Crippen LogP) is 2.11. The first-order chi connectivity index (χ1) is 8.04. The maximum Gasteiger partial charge on any atom is 0.305 e. The fraction of sp³-hybridized carbons (Fsp3) is 0.385. The Bertz CT molecular complexity index is 449. The molecule has 1 rings (SSSR count). The van der Waals surface area contributed by atoms with Crippen molar-refractivity contribution in [2.45, 2.75) is 20.3 Å². The monoisotopic (exact) mass is 232 g/mol. The second-order valence-electron chi connectivity index (χ2n) is 4.01. The molecule has 0 aliphatic carbocycles. The van der Waals surface area contributed by atoms with Crippen LogP contribution in [-0.2, 0) is 4.79 Å². The molecule has 0 spiro atoms. The van der Waals surface area contributed by atoms with Crippen LogP contribution in [0.4, 0.5) is 5.69 Å². The Morgan fingerprint density at radius 1 is 1.47 bits per heavy atom. The van der Waals surface area contributed by atoms with Crippen LogP contribution in [0.25, 0.3) is 0 Å². The van der Waals surface area contributed by atoms with E-state index in [4.69, 9.17) is 10.4 Å². The fourth-order valence-corrected chi connectivity index (χ4v) is 1.66. The smallest absolute Gasteiger partial charge is 0.305 e. The highest BCUT2D eigenvalue weighted by Crippen LogP contribution is 2.21. The van der Waals surface area contributed by atoms with E-state index in [-0.39, 0.29) is 13.0 Å². The molecule has 0 saturated heterocycles. The third-order valence-electron chi connectivity index (χ3n) is 2.56. The third-order valence-corrected chi connectivity index (χ3v) is 2.56. The maximum absolute atomic E-state index is 10.6. The molecule has 0 fully saturated rings. The lowest BCUT2D eigenvalue weighted by Gasteiger charge is -2.23. The molecular formula is C13H16N2O2. The summed E-state index contributed by atoms with van der Waals surface area (Å²) in [5.74, 6) is -0.849. The zero-order valence-corrected chi connectivity index (χ0v) is 10.1. The Balaban J connectivity index is 2.92. The summed E-state index contributed by atoms with van der Waals surface area (Å²) >= 11 is 0. The summed E-state index contributed by atoms with van der Waals surface area (Å²) in [7, 11) is 0. The molecule has 17 heavy (non-hydrogen) atoms. The Morgan fingerprint density at radius 3 is 2.76 bits per heavy atom. The van der Waals surface area contributed by atoms with E-state index in [2.05, 4.69) is 6.07 Å². The second kappa shape index (κ2) is 5.90. The van der Waals surface area contributed by atoms with Crippen molar-refractivity contribution in [2.24, 2.45) is 0 Å². The van der Waals surface area contributed by atoms with Crippen molar-refractivity contribution in [1.29, 1.82) is 5.26 Å². The summed E-state index contributed by atoms with van der Waals surface area (Å²) in [5, 5.41) is 17.5. The molecule has 0 radical (unpaired) electrons. The first-order valence-corrected chi connectivity index (χ1v) is 5.45. The van der Waals surface area contributed by atoms with Crippen molar-refractivity contribution in [3.05, 3.63) is 29.3 Å². The standard InChI is InChI=1S/C13H16N2O2/c1-10-3-4-11(2)12(9-10)15(8-6-14)7-5-13(16)17/h3-4,9H,5,7-8H2,1-2H3,(H,16,17). The summed E-state index contributed by atoms with van der Waals surface area (Å²) in [6, 6.07) is 8.03. The van der Waals surface area contributed by atoms with Gasteiger partial charge >= 0.3 is 5.97 Å². The highest BCUT2D eigenvalue weighted by Gasteiger charge is 2.10. The van der Waals surface area contributed by atoms with E-state index in [1.807, 2.05) is 32.0 Å². The summed E-state index contributed by atoms with van der Waals surface area (Å²) < 4.78 is 0. The predicted molar refractivity (Wildman–Crippen MR) is 66.0 cm³/mol. The average Bonchev–Trinajstić information content (AvgIpc) is 2.27. The molecule has 1 aromatic carbocycles. The van der Waals surface area contributed by atoms with Gasteiger partial charge in [0, 0.05) is 12.2 Å². The number of rotatable bonds is 5. The molecule has 4 nitrogen and oxygen atoms in total. The van der Waals surface area contributed by atoms with E-state index in [0.717, 1.165) is 16.8 Å². The quantitative estimate of drug-likeness (QED) is 0.790. The topological polar surface area (TPSA) is 64.3 Å². The largest absolute Gasteiger partial charge is 0.481 e. The van der Waals surface area contributed by atoms with Gasteiger partial charge in [0.1, 0.15) is 6.54 Å². The third kappa shape index (κ3) is 3.80. The molecule has 90 valence electrons. The average molecular weight is 232 g/mol. The fourth-order valence-electron chi connectivity index (χ4n) is 1.66. The summed E-state index contributed by atoms with van der Waals surface area (Å²) in [5.41, 5.74) is 3.09. The van der Waals surface area contributed by atoms with Crippen LogP contribution in [0.2, 0.25) is 0 Å². The molecule has 0 aromatic heterocycles. The highest BCUT2D eigenvalue weighted by molar-refractivity contribution is 5.68. The van der Waals surface area contributed by atoms with Crippen LogP contribution in [0.3, 0.4) is 0 Å². The second-order valence-corrected chi connectivity index (χ2v) is 4.01. The first-order valence-electron chi connectivity index (χ1n) is 5.45. The molecule has 4 heteroatoms. The van der Waals surface area contributed by atoms with Gasteiger partial charge in [0.15, 0.2) is 0 Å². The van der Waals surface area contributed by atoms with E-state index in [0.29, 0.717) is 6.54 Å². The Kier molecular flexibility index (Phi) is 4.53. The number of aryl methyl sites for hydroxylation is 2. The van der Waals surface area contributed by atoms with Crippen LogP contribution >= 0.6 is 0 Å². The number of nitrogens with zero attached hydrogens (tertiary/aromatic N) is 2. The number of carboxylic acids is 1. The SMILES string of the molecule is Cc1ccc(C)c(N(CC#N)CCC(=O)O)c1. The van der Waals surface area contributed by atoms with Gasteiger partial charge in [-0.25, -0.2) is 0 Å². The Morgan fingerprint density at radius 2 is 2.18 bits per heavy atom. The molecule has 0 bridgehead atoms. The van der Waals surface area contributed by atoms with Gasteiger partial charge in [0.25, 0.3) is 0 Å². The van der Waals surface area contributed by atoms with Crippen molar-refractivity contribution in [1.82, 2.24) is 0 Å². The molecule has 0 saturated carbocycles. The summed E-state index contributed by atoms with van der Waals surface area (Å²) in [6.45, 7) is 4.50. The van der Waals surface area contributed by atoms with Crippen LogP contribution in [-0.4, -0.2) is 24.2 Å². The minimum absolute atomic E-state index is 0.0368. The number of hydrogen-bond acceptors (Lipinski definition) is 3. The molecule has 0 atom stereocenters. The molecule has 0 heterocycles. The van der Waals surface area contributed by atoms with E-state index in [1.165, 1.54) is 0 Å². The molecule has 0 aliphatic heterocycles. The lowest BCUT2D eigenvalue weighted by atomic mass is 10.1. The number of benzene rings is 1. The van der Waals surface area contributed by atoms with Gasteiger partial charge in [-0.3, -0.25) is 4.79 Å². The normalized spacial score (nSPS) is 9.71. The molecular weight excluding hydrogens is 216 g/mol. The number of nitriles is 1. The lowest BCUT2D eigenvalue weighted by Crippen LogP contribution is -2.27. The van der Waals surface area contributed by atoms with E-state index in [1.54, 1.807) is 4.90 Å². The molecule has 1 aromatic rings. The van der Waals surface area contributed by atoms with Gasteiger partial charge in [-0.15, -0.1) is 0 Å². The van der Waals surface area contributed by atoms with Gasteiger partial charge in [-0.1, -0.05) is 12.1 Å². The summed E-state index contributed by atoms with van der Waals surface area (Å²) in [4.78, 5) is 12.4. The number of carboxylic acid groups (broad SMARTS) is 1. The van der Waals surface area contributed by atoms with Crippen molar-refractivity contribution >= 4 is 11.7 Å². The van der Waals surface area contributed by atoms with Gasteiger partial charge < -0.3 is 10.0 Å². The van der Waals surface area contributed by atoms with Crippen molar-refractivity contribution < 1.29 is 9.90 Å². The minimum atomic E-state index is -0.849. The first kappa shape index (κ1) is 13.0. The zero-order chi connectivity index (χ0) is 12.8. The van der Waals surface area contributed by atoms with Gasteiger partial charge in [0.05, 0.1) is 12.5 Å². The van der Waals surface area contributed by atoms with Crippen LogP contribution in [0.1, 0.15) is 17.5 Å². The number of anilines is 1. The van der Waals surface area contributed by atoms with E-state index >= 15 is 0 Å². The van der Waals surface area contributed by atoms with Crippen LogP contribution in [0.5, 0.6) is 0 Å². The van der Waals surface area contributed by atoms with E-state index < -0.39 is 5.97 Å². The Labute approximate surface area is 101 Å². The zero-order valence-electron chi connectivity index (χ0n) is 10.1. The Hall–Kier alpha value is -2.02. The lowest BCUT2D eigenvalue weighted by molar-refractivity contribution is -0.136. The van der Waals surface area contributed by atoms with Crippen molar-refractivity contribution in [3.8, 4) is 6.07 Å². The van der Waals surface area contributed by atoms with E-state index in [9.17, 15) is 4.79 Å². The van der Waals surface area contributed by atoms with Crippen LogP contribution < -0.4 is 4.90 Å². The number of carbonyl (C=O) groups is 1. The van der Waals surface area contributed by atoms with Crippen molar-refractivity contribution in [2.75, 3.05) is 18.0 Å². The van der Waals surface area contributed by atoms with Gasteiger partial charge in [0.2, 0.25) is 0 Å². The van der Waals surface area contributed by atoms with Gasteiger partial charge in [-0.05, 0) is 31.0 Å².